The van der Waals surface area contributed by atoms with Crippen molar-refractivity contribution in [2.75, 3.05) is 13.1 Å². The topological polar surface area (TPSA) is 37.4 Å². The van der Waals surface area contributed by atoms with Gasteiger partial charge in [-0.05, 0) is 24.6 Å². The molecular formula is C14H16ClNO2. The van der Waals surface area contributed by atoms with Crippen LogP contribution in [0.3, 0.4) is 0 Å². The van der Waals surface area contributed by atoms with Gasteiger partial charge in [0.25, 0.3) is 5.91 Å². The van der Waals surface area contributed by atoms with Crippen molar-refractivity contribution in [2.24, 2.45) is 5.41 Å². The Balaban J connectivity index is 2.14. The van der Waals surface area contributed by atoms with Gasteiger partial charge in [-0.25, -0.2) is 0 Å². The minimum atomic E-state index is -0.314. The minimum Gasteiger partial charge on any atom is -0.331 e. The van der Waals surface area contributed by atoms with Crippen LogP contribution in [0.25, 0.3) is 0 Å². The zero-order valence-corrected chi connectivity index (χ0v) is 11.3. The first-order valence-corrected chi connectivity index (χ1v) is 6.36. The Hall–Kier alpha value is -1.35. The number of amides is 1. The molecule has 0 atom stereocenters. The summed E-state index contributed by atoms with van der Waals surface area (Å²) in [6.07, 6.45) is 0.706. The third-order valence-electron chi connectivity index (χ3n) is 3.45. The standard InChI is InChI=1S/C14H16ClNO2/c1-14(2)6-7-16(9-12(14)17)13(18)10-4-3-5-11(15)8-10/h3-5,8H,6-7,9H2,1-2H3. The Morgan fingerprint density at radius 1 is 1.39 bits per heavy atom. The quantitative estimate of drug-likeness (QED) is 0.783. The molecule has 0 aromatic heterocycles. The third-order valence-corrected chi connectivity index (χ3v) is 3.69. The second-order valence-corrected chi connectivity index (χ2v) is 5.73. The van der Waals surface area contributed by atoms with Gasteiger partial charge >= 0.3 is 0 Å². The molecule has 2 rings (SSSR count). The molecule has 1 saturated heterocycles. The Bertz CT molecular complexity index is 496. The van der Waals surface area contributed by atoms with E-state index in [0.29, 0.717) is 23.6 Å². The van der Waals surface area contributed by atoms with Gasteiger partial charge in [-0.3, -0.25) is 9.59 Å². The van der Waals surface area contributed by atoms with E-state index in [4.69, 9.17) is 11.6 Å². The van der Waals surface area contributed by atoms with E-state index >= 15 is 0 Å². The van der Waals surface area contributed by atoms with E-state index in [9.17, 15) is 9.59 Å². The fourth-order valence-corrected chi connectivity index (χ4v) is 2.19. The van der Waals surface area contributed by atoms with Gasteiger partial charge in [0.2, 0.25) is 0 Å². The summed E-state index contributed by atoms with van der Waals surface area (Å²) in [5, 5.41) is 0.532. The Morgan fingerprint density at radius 3 is 2.72 bits per heavy atom. The molecule has 0 saturated carbocycles. The molecule has 0 radical (unpaired) electrons. The number of benzene rings is 1. The molecule has 1 aliphatic rings. The second kappa shape index (κ2) is 4.73. The zero-order chi connectivity index (χ0) is 13.3. The molecule has 4 heteroatoms. The van der Waals surface area contributed by atoms with E-state index in [2.05, 4.69) is 0 Å². The van der Waals surface area contributed by atoms with Gasteiger partial charge in [0.1, 0.15) is 0 Å². The number of Topliss-reactive ketones (excluding diaryl/α,β-unsaturated/α-hetero) is 1. The minimum absolute atomic E-state index is 0.115. The maximum Gasteiger partial charge on any atom is 0.254 e. The van der Waals surface area contributed by atoms with Gasteiger partial charge < -0.3 is 4.90 Å². The van der Waals surface area contributed by atoms with Crippen molar-refractivity contribution in [1.29, 1.82) is 0 Å². The number of hydrogen-bond acceptors (Lipinski definition) is 2. The highest BCUT2D eigenvalue weighted by molar-refractivity contribution is 6.31. The van der Waals surface area contributed by atoms with Crippen molar-refractivity contribution < 1.29 is 9.59 Å². The van der Waals surface area contributed by atoms with Crippen molar-refractivity contribution in [2.45, 2.75) is 20.3 Å². The number of ketones is 1. The first kappa shape index (κ1) is 13.1. The molecule has 0 spiro atoms. The highest BCUT2D eigenvalue weighted by atomic mass is 35.5. The third kappa shape index (κ3) is 2.56. The van der Waals surface area contributed by atoms with Gasteiger partial charge in [0.05, 0.1) is 6.54 Å². The highest BCUT2D eigenvalue weighted by Gasteiger charge is 2.35. The molecule has 0 N–H and O–H groups in total. The molecule has 1 heterocycles. The van der Waals surface area contributed by atoms with Gasteiger partial charge in [-0.1, -0.05) is 31.5 Å². The number of carbonyl (C=O) groups excluding carboxylic acids is 2. The molecule has 1 fully saturated rings. The Morgan fingerprint density at radius 2 is 2.11 bits per heavy atom. The molecule has 0 bridgehead atoms. The van der Waals surface area contributed by atoms with Gasteiger partial charge in [0.15, 0.2) is 5.78 Å². The van der Waals surface area contributed by atoms with Crippen molar-refractivity contribution in [3.05, 3.63) is 34.9 Å². The summed E-state index contributed by atoms with van der Waals surface area (Å²) in [5.41, 5.74) is 0.223. The molecule has 18 heavy (non-hydrogen) atoms. The van der Waals surface area contributed by atoms with Crippen LogP contribution in [0, 0.1) is 5.41 Å². The van der Waals surface area contributed by atoms with Crippen LogP contribution in [0.1, 0.15) is 30.6 Å². The Labute approximate surface area is 112 Å². The van der Waals surface area contributed by atoms with Crippen molar-refractivity contribution >= 4 is 23.3 Å². The van der Waals surface area contributed by atoms with Gasteiger partial charge in [-0.2, -0.15) is 0 Å². The lowest BCUT2D eigenvalue weighted by Gasteiger charge is -2.35. The SMILES string of the molecule is CC1(C)CCN(C(=O)c2cccc(Cl)c2)CC1=O. The van der Waals surface area contributed by atoms with E-state index in [0.717, 1.165) is 0 Å². The van der Waals surface area contributed by atoms with Crippen LogP contribution in [0.4, 0.5) is 0 Å². The first-order valence-electron chi connectivity index (χ1n) is 5.98. The van der Waals surface area contributed by atoms with Crippen LogP contribution >= 0.6 is 11.6 Å². The van der Waals surface area contributed by atoms with E-state index in [1.165, 1.54) is 0 Å². The average molecular weight is 266 g/mol. The average Bonchev–Trinajstić information content (AvgIpc) is 2.32. The zero-order valence-electron chi connectivity index (χ0n) is 10.6. The number of hydrogen-bond donors (Lipinski definition) is 0. The number of rotatable bonds is 1. The summed E-state index contributed by atoms with van der Waals surface area (Å²) >= 11 is 5.86. The van der Waals surface area contributed by atoms with Gasteiger partial charge in [-0.15, -0.1) is 0 Å². The number of piperidine rings is 1. The summed E-state index contributed by atoms with van der Waals surface area (Å²) in [5.74, 6) is -0.00882. The maximum atomic E-state index is 12.2. The predicted molar refractivity (Wildman–Crippen MR) is 70.8 cm³/mol. The molecule has 0 aliphatic carbocycles. The summed E-state index contributed by atoms with van der Waals surface area (Å²) in [7, 11) is 0. The number of carbonyl (C=O) groups is 2. The van der Waals surface area contributed by atoms with Crippen LogP contribution in [-0.2, 0) is 4.79 Å². The molecule has 0 unspecified atom stereocenters. The monoisotopic (exact) mass is 265 g/mol. The van der Waals surface area contributed by atoms with E-state index in [1.807, 2.05) is 13.8 Å². The molecule has 1 amide bonds. The largest absolute Gasteiger partial charge is 0.331 e. The molecule has 3 nitrogen and oxygen atoms in total. The normalized spacial score (nSPS) is 18.8. The summed E-state index contributed by atoms with van der Waals surface area (Å²) < 4.78 is 0. The summed E-state index contributed by atoms with van der Waals surface area (Å²) in [6.45, 7) is 4.66. The lowest BCUT2D eigenvalue weighted by Crippen LogP contribution is -2.47. The maximum absolute atomic E-state index is 12.2. The van der Waals surface area contributed by atoms with Crippen LogP contribution in [0.2, 0.25) is 5.02 Å². The van der Waals surface area contributed by atoms with Crippen LogP contribution in [0.15, 0.2) is 24.3 Å². The molecule has 1 aromatic carbocycles. The summed E-state index contributed by atoms with van der Waals surface area (Å²) in [6, 6.07) is 6.82. The van der Waals surface area contributed by atoms with Crippen LogP contribution < -0.4 is 0 Å². The van der Waals surface area contributed by atoms with E-state index < -0.39 is 0 Å². The first-order chi connectivity index (χ1) is 8.40. The molecule has 1 aromatic rings. The predicted octanol–water partition coefficient (Wildman–Crippen LogP) is 2.78. The second-order valence-electron chi connectivity index (χ2n) is 5.29. The fraction of sp³-hybridized carbons (Fsp3) is 0.429. The smallest absolute Gasteiger partial charge is 0.254 e. The lowest BCUT2D eigenvalue weighted by atomic mass is 9.81. The van der Waals surface area contributed by atoms with Crippen molar-refractivity contribution in [3.63, 3.8) is 0 Å². The number of nitrogens with zero attached hydrogens (tertiary/aromatic N) is 1. The highest BCUT2D eigenvalue weighted by Crippen LogP contribution is 2.27. The number of likely N-dealkylation sites (tertiary alicyclic amines) is 1. The fourth-order valence-electron chi connectivity index (χ4n) is 2.00. The van der Waals surface area contributed by atoms with Crippen LogP contribution in [-0.4, -0.2) is 29.7 Å². The molecular weight excluding hydrogens is 250 g/mol. The molecule has 1 aliphatic heterocycles. The Kier molecular flexibility index (Phi) is 3.44. The number of halogens is 1. The molecule has 96 valence electrons. The van der Waals surface area contributed by atoms with Crippen molar-refractivity contribution in [1.82, 2.24) is 4.90 Å². The van der Waals surface area contributed by atoms with Crippen LogP contribution in [0.5, 0.6) is 0 Å². The van der Waals surface area contributed by atoms with E-state index in [1.54, 1.807) is 29.2 Å². The summed E-state index contributed by atoms with van der Waals surface area (Å²) in [4.78, 5) is 25.7. The van der Waals surface area contributed by atoms with E-state index in [-0.39, 0.29) is 23.7 Å². The van der Waals surface area contributed by atoms with Crippen molar-refractivity contribution in [3.8, 4) is 0 Å². The lowest BCUT2D eigenvalue weighted by molar-refractivity contribution is -0.130. The van der Waals surface area contributed by atoms with Gasteiger partial charge in [0, 0.05) is 22.5 Å².